The molecule has 0 aliphatic rings. The number of hydrogen-bond donors (Lipinski definition) is 0. The molecule has 0 aromatic rings. The summed E-state index contributed by atoms with van der Waals surface area (Å²) in [5.74, 6) is 0. The molecule has 0 saturated carbocycles. The third-order valence-electron chi connectivity index (χ3n) is 1.34. The van der Waals surface area contributed by atoms with E-state index in [1.54, 1.807) is 0 Å². The third kappa shape index (κ3) is 19.9. The van der Waals surface area contributed by atoms with Crippen LogP contribution in [0.1, 0.15) is 20.8 Å². The van der Waals surface area contributed by atoms with Crippen molar-refractivity contribution < 1.29 is 118 Å². The van der Waals surface area contributed by atoms with E-state index in [-0.39, 0.29) is 118 Å². The molecule has 1 nitrogen and oxygen atoms in total. The fourth-order valence-corrected chi connectivity index (χ4v) is 0.671. The van der Waals surface area contributed by atoms with Crippen LogP contribution in [0.4, 0.5) is 4.70 Å². The number of halogens is 1. The summed E-state index contributed by atoms with van der Waals surface area (Å²) in [5, 5.41) is 0. The van der Waals surface area contributed by atoms with Crippen LogP contribution < -0.4 is 0 Å². The van der Waals surface area contributed by atoms with E-state index >= 15 is 0 Å². The molecule has 76 valence electrons. The quantitative estimate of drug-likeness (QED) is 0.723. The third-order valence-corrected chi connectivity index (χ3v) is 1.34. The maximum Gasteiger partial charge on any atom is 0 e. The Balaban J connectivity index is -0.0000000300. The molecule has 0 bridgehead atoms. The van der Waals surface area contributed by atoms with Gasteiger partial charge in [-0.1, -0.05) is 20.8 Å². The smallest absolute Gasteiger partial charge is 0 e. The minimum Gasteiger partial charge on any atom is -0.304 e. The topological polar surface area (TPSA) is 3.24 Å². The molecule has 5 heteroatoms. The standard InChI is InChI=1S/C6H15N.3Ar.FH/c1-4-7(5-2)6-3;;;;/h4-6H2,1-3H3;;;;1H. The summed E-state index contributed by atoms with van der Waals surface area (Å²) in [6.45, 7) is 10.1. The SMILES string of the molecule is CCN(CC)CC.F.[Ar].[Ar].[Ar]. The van der Waals surface area contributed by atoms with E-state index < -0.39 is 0 Å². The van der Waals surface area contributed by atoms with Gasteiger partial charge in [0.15, 0.2) is 0 Å². The molecule has 0 radical (unpaired) electrons. The molecule has 0 aliphatic heterocycles. The predicted molar refractivity (Wildman–Crippen MR) is 36.0 cm³/mol. The molecular formula is C6H16Ar3FN. The molecule has 0 atom stereocenters. The summed E-state index contributed by atoms with van der Waals surface area (Å²) in [6.07, 6.45) is 0. The van der Waals surface area contributed by atoms with Gasteiger partial charge in [-0.3, -0.25) is 4.70 Å². The molecule has 0 spiro atoms. The van der Waals surface area contributed by atoms with Crippen LogP contribution >= 0.6 is 0 Å². The first kappa shape index (κ1) is 29.3. The maximum absolute atomic E-state index is 2.38. The van der Waals surface area contributed by atoms with Gasteiger partial charge in [-0.25, -0.2) is 0 Å². The van der Waals surface area contributed by atoms with E-state index in [0.29, 0.717) is 0 Å². The molecule has 0 aromatic heterocycles. The predicted octanol–water partition coefficient (Wildman–Crippen LogP) is 1.50. The first-order chi connectivity index (χ1) is 3.35. The van der Waals surface area contributed by atoms with Crippen molar-refractivity contribution in [3.05, 3.63) is 0 Å². The molecular weight excluding hydrogens is 225 g/mol. The van der Waals surface area contributed by atoms with Crippen molar-refractivity contribution in [3.63, 3.8) is 0 Å². The van der Waals surface area contributed by atoms with Gasteiger partial charge in [0.25, 0.3) is 0 Å². The van der Waals surface area contributed by atoms with E-state index in [1.165, 1.54) is 19.6 Å². The van der Waals surface area contributed by atoms with Gasteiger partial charge in [0, 0.05) is 113 Å². The Morgan fingerprint density at radius 1 is 0.727 bits per heavy atom. The van der Waals surface area contributed by atoms with Crippen LogP contribution in [0.3, 0.4) is 0 Å². The average molecular weight is 241 g/mol. The van der Waals surface area contributed by atoms with E-state index in [1.807, 2.05) is 0 Å². The van der Waals surface area contributed by atoms with Crippen LogP contribution in [0.5, 0.6) is 0 Å². The van der Waals surface area contributed by atoms with Crippen LogP contribution in [0.25, 0.3) is 0 Å². The molecule has 0 amide bonds. The molecule has 0 unspecified atom stereocenters. The molecule has 11 heavy (non-hydrogen) atoms. The van der Waals surface area contributed by atoms with Crippen LogP contribution in [0, 0.1) is 113 Å². The second-order valence-electron chi connectivity index (χ2n) is 1.62. The Hall–Kier alpha value is 3.67. The molecule has 0 aliphatic carbocycles. The zero-order valence-electron chi connectivity index (χ0n) is 7.04. The fourth-order valence-electron chi connectivity index (χ4n) is 0.671. The largest absolute Gasteiger partial charge is 0.304 e. The van der Waals surface area contributed by atoms with Gasteiger partial charge in [0.05, 0.1) is 0 Å². The first-order valence-electron chi connectivity index (χ1n) is 3.07. The maximum atomic E-state index is 2.38. The summed E-state index contributed by atoms with van der Waals surface area (Å²) in [7, 11) is 0. The average Bonchev–Trinajstić information content (AvgIpc) is 1.72. The van der Waals surface area contributed by atoms with Crippen molar-refractivity contribution in [2.75, 3.05) is 19.6 Å². The van der Waals surface area contributed by atoms with E-state index in [0.717, 1.165) is 0 Å². The van der Waals surface area contributed by atoms with Crippen molar-refractivity contribution in [2.24, 2.45) is 0 Å². The van der Waals surface area contributed by atoms with Gasteiger partial charge in [0.2, 0.25) is 0 Å². The second-order valence-corrected chi connectivity index (χ2v) is 1.62. The van der Waals surface area contributed by atoms with E-state index in [4.69, 9.17) is 0 Å². The molecule has 0 rings (SSSR count). The van der Waals surface area contributed by atoms with Gasteiger partial charge >= 0.3 is 0 Å². The number of rotatable bonds is 3. The van der Waals surface area contributed by atoms with Crippen LogP contribution in [-0.4, -0.2) is 24.5 Å². The first-order valence-corrected chi connectivity index (χ1v) is 3.07. The summed E-state index contributed by atoms with van der Waals surface area (Å²) in [4.78, 5) is 2.38. The summed E-state index contributed by atoms with van der Waals surface area (Å²) in [6, 6.07) is 0. The molecule has 0 fully saturated rings. The van der Waals surface area contributed by atoms with E-state index in [9.17, 15) is 0 Å². The normalized spacial score (nSPS) is 6.55. The summed E-state index contributed by atoms with van der Waals surface area (Å²) >= 11 is 0. The molecule has 0 N–H and O–H groups in total. The Bertz CT molecular complexity index is 39.3. The van der Waals surface area contributed by atoms with Gasteiger partial charge in [-0.2, -0.15) is 0 Å². The van der Waals surface area contributed by atoms with Gasteiger partial charge in [-0.15, -0.1) is 0 Å². The minimum atomic E-state index is 0. The molecule has 0 saturated heterocycles. The van der Waals surface area contributed by atoms with Gasteiger partial charge in [0.1, 0.15) is 0 Å². The Morgan fingerprint density at radius 3 is 0.909 bits per heavy atom. The number of hydrogen-bond acceptors (Lipinski definition) is 1. The second kappa shape index (κ2) is 23.5. The monoisotopic (exact) mass is 241 g/mol. The van der Waals surface area contributed by atoms with E-state index in [2.05, 4.69) is 25.7 Å². The Morgan fingerprint density at radius 2 is 0.909 bits per heavy atom. The molecule has 0 aromatic carbocycles. The van der Waals surface area contributed by atoms with Crippen molar-refractivity contribution in [2.45, 2.75) is 20.8 Å². The van der Waals surface area contributed by atoms with Gasteiger partial charge < -0.3 is 4.90 Å². The Labute approximate surface area is 159 Å². The number of nitrogens with zero attached hydrogens (tertiary/aromatic N) is 1. The van der Waals surface area contributed by atoms with Crippen molar-refractivity contribution in [3.8, 4) is 0 Å². The fraction of sp³-hybridized carbons (Fsp3) is 1.00. The zero-order valence-corrected chi connectivity index (χ0v) is 9.16. The minimum absolute atomic E-state index is 0. The summed E-state index contributed by atoms with van der Waals surface area (Å²) in [5.41, 5.74) is 0. The zero-order chi connectivity index (χ0) is 5.70. The van der Waals surface area contributed by atoms with Crippen molar-refractivity contribution >= 4 is 0 Å². The van der Waals surface area contributed by atoms with Crippen molar-refractivity contribution in [1.29, 1.82) is 0 Å². The van der Waals surface area contributed by atoms with Crippen LogP contribution in [-0.2, 0) is 0 Å². The van der Waals surface area contributed by atoms with Crippen LogP contribution in [0.2, 0.25) is 0 Å². The van der Waals surface area contributed by atoms with Gasteiger partial charge in [-0.05, 0) is 19.6 Å². The van der Waals surface area contributed by atoms with Crippen molar-refractivity contribution in [1.82, 2.24) is 4.90 Å². The Kier molecular flexibility index (Phi) is 62.5. The summed E-state index contributed by atoms with van der Waals surface area (Å²) < 4.78 is 0. The molecule has 0 heterocycles. The van der Waals surface area contributed by atoms with Crippen LogP contribution in [0.15, 0.2) is 0 Å².